The minimum atomic E-state index is -1.17. The predicted molar refractivity (Wildman–Crippen MR) is 80.3 cm³/mol. The van der Waals surface area contributed by atoms with Crippen molar-refractivity contribution >= 4 is 28.4 Å². The second-order valence-corrected chi connectivity index (χ2v) is 6.28. The molecule has 1 unspecified atom stereocenters. The molecular formula is C15H13ClO3S. The molecule has 1 N–H and O–H groups in total. The summed E-state index contributed by atoms with van der Waals surface area (Å²) >= 11 is 5.55. The molecule has 0 fully saturated rings. The zero-order valence-electron chi connectivity index (χ0n) is 10.6. The van der Waals surface area contributed by atoms with E-state index in [1.54, 1.807) is 24.3 Å². The van der Waals surface area contributed by atoms with Crippen molar-refractivity contribution in [3.8, 4) is 11.1 Å². The fourth-order valence-corrected chi connectivity index (χ4v) is 2.80. The van der Waals surface area contributed by atoms with E-state index in [0.29, 0.717) is 4.90 Å². The number of hydrogen-bond donors (Lipinski definition) is 1. The van der Waals surface area contributed by atoms with E-state index < -0.39 is 16.8 Å². The molecule has 2 aromatic rings. The van der Waals surface area contributed by atoms with Gasteiger partial charge in [0.1, 0.15) is 5.21 Å². The van der Waals surface area contributed by atoms with Crippen molar-refractivity contribution in [2.24, 2.45) is 0 Å². The summed E-state index contributed by atoms with van der Waals surface area (Å²) in [6.07, 6.45) is 0.0217. The predicted octanol–water partition coefficient (Wildman–Crippen LogP) is 3.28. The van der Waals surface area contributed by atoms with Gasteiger partial charge in [-0.2, -0.15) is 0 Å². The number of rotatable bonds is 5. The Balaban J connectivity index is 2.19. The lowest BCUT2D eigenvalue weighted by Gasteiger charge is -2.04. The van der Waals surface area contributed by atoms with Crippen molar-refractivity contribution in [3.05, 3.63) is 54.1 Å². The first-order valence-electron chi connectivity index (χ1n) is 5.95. The summed E-state index contributed by atoms with van der Waals surface area (Å²) in [6, 6.07) is 14.7. The number of carboxylic acid groups (broad SMARTS) is 1. The summed E-state index contributed by atoms with van der Waals surface area (Å²) in [7, 11) is -1.17. The second-order valence-electron chi connectivity index (χ2n) is 4.25. The van der Waals surface area contributed by atoms with E-state index in [0.717, 1.165) is 16.7 Å². The average molecular weight is 309 g/mol. The summed E-state index contributed by atoms with van der Waals surface area (Å²) in [4.78, 5) is 11.3. The maximum atomic E-state index is 11.5. The molecule has 0 bridgehead atoms. The molecule has 0 spiro atoms. The summed E-state index contributed by atoms with van der Waals surface area (Å²) in [5.41, 5.74) is 2.74. The number of alkyl halides is 1. The Bertz CT molecular complexity index is 621. The normalized spacial score (nSPS) is 12.1. The third-order valence-electron chi connectivity index (χ3n) is 2.86. The summed E-state index contributed by atoms with van der Waals surface area (Å²) in [5, 5.41) is 8.81. The number of carboxylic acids is 1. The van der Waals surface area contributed by atoms with Crippen molar-refractivity contribution in [2.75, 3.05) is 5.21 Å². The smallest absolute Gasteiger partial charge is 0.307 e. The Hall–Kier alpha value is -1.65. The van der Waals surface area contributed by atoms with Gasteiger partial charge >= 0.3 is 5.97 Å². The number of aliphatic carboxylic acids is 1. The molecule has 2 aromatic carbocycles. The van der Waals surface area contributed by atoms with Crippen LogP contribution >= 0.6 is 11.6 Å². The van der Waals surface area contributed by atoms with Gasteiger partial charge in [-0.1, -0.05) is 36.4 Å². The Labute approximate surface area is 124 Å². The molecule has 0 saturated carbocycles. The molecule has 104 valence electrons. The van der Waals surface area contributed by atoms with Crippen molar-refractivity contribution in [1.82, 2.24) is 0 Å². The molecule has 3 nitrogen and oxygen atoms in total. The lowest BCUT2D eigenvalue weighted by molar-refractivity contribution is -0.136. The van der Waals surface area contributed by atoms with Crippen LogP contribution in [-0.2, 0) is 22.0 Å². The van der Waals surface area contributed by atoms with Crippen LogP contribution in [0, 0.1) is 0 Å². The highest BCUT2D eigenvalue weighted by Crippen LogP contribution is 2.21. The van der Waals surface area contributed by atoms with Crippen LogP contribution in [0.25, 0.3) is 11.1 Å². The first-order valence-corrected chi connectivity index (χ1v) is 7.81. The van der Waals surface area contributed by atoms with E-state index in [1.807, 2.05) is 24.3 Å². The third-order valence-corrected chi connectivity index (χ3v) is 4.45. The van der Waals surface area contributed by atoms with Crippen LogP contribution in [-0.4, -0.2) is 20.5 Å². The molecule has 0 saturated heterocycles. The van der Waals surface area contributed by atoms with Gasteiger partial charge in [-0.25, -0.2) is 0 Å². The molecule has 20 heavy (non-hydrogen) atoms. The topological polar surface area (TPSA) is 54.4 Å². The summed E-state index contributed by atoms with van der Waals surface area (Å²) in [5.74, 6) is -0.842. The van der Waals surface area contributed by atoms with E-state index in [9.17, 15) is 9.00 Å². The molecule has 0 aliphatic rings. The molecule has 1 atom stereocenters. The van der Waals surface area contributed by atoms with Gasteiger partial charge in [-0.05, 0) is 28.8 Å². The van der Waals surface area contributed by atoms with Crippen LogP contribution in [0.2, 0.25) is 0 Å². The number of halogens is 1. The second kappa shape index (κ2) is 6.68. The van der Waals surface area contributed by atoms with Crippen LogP contribution in [0.1, 0.15) is 5.56 Å². The van der Waals surface area contributed by atoms with Crippen LogP contribution in [0.15, 0.2) is 53.4 Å². The maximum Gasteiger partial charge on any atom is 0.307 e. The largest absolute Gasteiger partial charge is 0.481 e. The van der Waals surface area contributed by atoms with Gasteiger partial charge < -0.3 is 5.11 Å². The van der Waals surface area contributed by atoms with Gasteiger partial charge in [-0.15, -0.1) is 11.6 Å². The van der Waals surface area contributed by atoms with Crippen LogP contribution < -0.4 is 0 Å². The first kappa shape index (κ1) is 14.8. The third kappa shape index (κ3) is 3.68. The molecule has 0 aliphatic heterocycles. The molecule has 0 aromatic heterocycles. The van der Waals surface area contributed by atoms with E-state index >= 15 is 0 Å². The minimum Gasteiger partial charge on any atom is -0.481 e. The van der Waals surface area contributed by atoms with Crippen molar-refractivity contribution in [1.29, 1.82) is 0 Å². The SMILES string of the molecule is O=C(O)Cc1ccc(-c2ccc(S(=O)CCl)cc2)cc1. The Morgan fingerprint density at radius 3 is 1.95 bits per heavy atom. The van der Waals surface area contributed by atoms with E-state index in [1.165, 1.54) is 0 Å². The fourth-order valence-electron chi connectivity index (χ4n) is 1.85. The van der Waals surface area contributed by atoms with E-state index in [-0.39, 0.29) is 11.6 Å². The zero-order chi connectivity index (χ0) is 14.5. The number of carbonyl (C=O) groups is 1. The number of benzene rings is 2. The molecule has 0 radical (unpaired) electrons. The van der Waals surface area contributed by atoms with Crippen molar-refractivity contribution < 1.29 is 14.1 Å². The summed E-state index contributed by atoms with van der Waals surface area (Å²) < 4.78 is 11.5. The highest BCUT2D eigenvalue weighted by atomic mass is 35.5. The average Bonchev–Trinajstić information content (AvgIpc) is 2.47. The maximum absolute atomic E-state index is 11.5. The van der Waals surface area contributed by atoms with Gasteiger partial charge in [-0.3, -0.25) is 9.00 Å². The molecule has 0 heterocycles. The van der Waals surface area contributed by atoms with E-state index in [2.05, 4.69) is 0 Å². The van der Waals surface area contributed by atoms with Crippen LogP contribution in [0.5, 0.6) is 0 Å². The first-order chi connectivity index (χ1) is 9.60. The minimum absolute atomic E-state index is 0.0217. The Kier molecular flexibility index (Phi) is 4.93. The standard InChI is InChI=1S/C15H13ClO3S/c16-10-20(19)14-7-5-13(6-8-14)12-3-1-11(2-4-12)9-15(17)18/h1-8H,9-10H2,(H,17,18). The van der Waals surface area contributed by atoms with Gasteiger partial charge in [0.05, 0.1) is 17.2 Å². The highest BCUT2D eigenvalue weighted by molar-refractivity contribution is 7.86. The molecule has 2 rings (SSSR count). The number of hydrogen-bond acceptors (Lipinski definition) is 2. The van der Waals surface area contributed by atoms with Gasteiger partial charge in [0.2, 0.25) is 0 Å². The van der Waals surface area contributed by atoms with Gasteiger partial charge in [0.25, 0.3) is 0 Å². The Morgan fingerprint density at radius 2 is 1.50 bits per heavy atom. The fraction of sp³-hybridized carbons (Fsp3) is 0.133. The van der Waals surface area contributed by atoms with Crippen LogP contribution in [0.3, 0.4) is 0 Å². The van der Waals surface area contributed by atoms with E-state index in [4.69, 9.17) is 16.7 Å². The zero-order valence-corrected chi connectivity index (χ0v) is 12.2. The lowest BCUT2D eigenvalue weighted by atomic mass is 10.0. The van der Waals surface area contributed by atoms with Crippen molar-refractivity contribution in [3.63, 3.8) is 0 Å². The monoisotopic (exact) mass is 308 g/mol. The van der Waals surface area contributed by atoms with Crippen molar-refractivity contribution in [2.45, 2.75) is 11.3 Å². The van der Waals surface area contributed by atoms with Crippen LogP contribution in [0.4, 0.5) is 0 Å². The highest BCUT2D eigenvalue weighted by Gasteiger charge is 2.04. The molecular weight excluding hydrogens is 296 g/mol. The quantitative estimate of drug-likeness (QED) is 0.862. The Morgan fingerprint density at radius 1 is 1.00 bits per heavy atom. The molecule has 5 heteroatoms. The molecule has 0 aliphatic carbocycles. The summed E-state index contributed by atoms with van der Waals surface area (Å²) in [6.45, 7) is 0. The van der Waals surface area contributed by atoms with Gasteiger partial charge in [0, 0.05) is 4.90 Å². The molecule has 0 amide bonds. The van der Waals surface area contributed by atoms with Gasteiger partial charge in [0.15, 0.2) is 0 Å². The lowest BCUT2D eigenvalue weighted by Crippen LogP contribution is -1.99.